The Balaban J connectivity index is 1.67. The van der Waals surface area contributed by atoms with Crippen LogP contribution in [0, 0.1) is 0 Å². The average Bonchev–Trinajstić information content (AvgIpc) is 3.14. The Morgan fingerprint density at radius 2 is 1.73 bits per heavy atom. The van der Waals surface area contributed by atoms with Gasteiger partial charge in [0.05, 0.1) is 6.54 Å². The van der Waals surface area contributed by atoms with E-state index < -0.39 is 0 Å². The van der Waals surface area contributed by atoms with Crippen molar-refractivity contribution in [2.45, 2.75) is 33.0 Å². The van der Waals surface area contributed by atoms with Gasteiger partial charge in [-0.3, -0.25) is 4.57 Å². The maximum absolute atomic E-state index is 12.7. The Bertz CT molecular complexity index is 830. The summed E-state index contributed by atoms with van der Waals surface area (Å²) in [7, 11) is 0. The topological polar surface area (TPSA) is 63.1 Å². The van der Waals surface area contributed by atoms with E-state index in [2.05, 4.69) is 15.5 Å². The number of rotatable bonds is 6. The van der Waals surface area contributed by atoms with Gasteiger partial charge in [0.2, 0.25) is 0 Å². The van der Waals surface area contributed by atoms with E-state index in [0.29, 0.717) is 18.9 Å². The molecule has 0 aliphatic heterocycles. The van der Waals surface area contributed by atoms with Crippen LogP contribution in [0.4, 0.5) is 4.79 Å². The van der Waals surface area contributed by atoms with Crippen LogP contribution in [0.1, 0.15) is 25.2 Å². The highest BCUT2D eigenvalue weighted by molar-refractivity contribution is 5.74. The van der Waals surface area contributed by atoms with Crippen molar-refractivity contribution in [1.29, 1.82) is 0 Å². The molecule has 0 fully saturated rings. The highest BCUT2D eigenvalue weighted by Crippen LogP contribution is 2.11. The molecule has 26 heavy (non-hydrogen) atoms. The maximum atomic E-state index is 12.7. The zero-order valence-corrected chi connectivity index (χ0v) is 15.0. The molecule has 0 radical (unpaired) electrons. The second kappa shape index (κ2) is 8.29. The molecule has 3 aromatic rings. The summed E-state index contributed by atoms with van der Waals surface area (Å²) in [5.74, 6) is 0.688. The lowest BCUT2D eigenvalue weighted by molar-refractivity contribution is 0.179. The Hall–Kier alpha value is -3.15. The summed E-state index contributed by atoms with van der Waals surface area (Å²) >= 11 is 0. The molecule has 0 saturated heterocycles. The SMILES string of the molecule is CC(C)N(Cc1ccccc1)C(=O)NCc1nncn1-c1ccccc1. The third-order valence-electron chi connectivity index (χ3n) is 4.13. The van der Waals surface area contributed by atoms with E-state index >= 15 is 0 Å². The summed E-state index contributed by atoms with van der Waals surface area (Å²) in [6, 6.07) is 19.8. The van der Waals surface area contributed by atoms with Crippen LogP contribution in [0.25, 0.3) is 5.69 Å². The quantitative estimate of drug-likeness (QED) is 0.742. The molecule has 0 saturated carbocycles. The fourth-order valence-corrected chi connectivity index (χ4v) is 2.71. The monoisotopic (exact) mass is 349 g/mol. The molecule has 0 spiro atoms. The molecule has 0 atom stereocenters. The summed E-state index contributed by atoms with van der Waals surface area (Å²) in [5.41, 5.74) is 2.07. The van der Waals surface area contributed by atoms with Crippen molar-refractivity contribution < 1.29 is 4.79 Å². The van der Waals surface area contributed by atoms with Crippen LogP contribution in [0.5, 0.6) is 0 Å². The number of carbonyl (C=O) groups is 1. The zero-order valence-electron chi connectivity index (χ0n) is 15.0. The first-order valence-corrected chi connectivity index (χ1v) is 8.68. The lowest BCUT2D eigenvalue weighted by Gasteiger charge is -2.27. The second-order valence-corrected chi connectivity index (χ2v) is 6.32. The van der Waals surface area contributed by atoms with Crippen molar-refractivity contribution in [2.75, 3.05) is 0 Å². The van der Waals surface area contributed by atoms with E-state index in [9.17, 15) is 4.79 Å². The molecule has 6 nitrogen and oxygen atoms in total. The van der Waals surface area contributed by atoms with Crippen LogP contribution in [-0.4, -0.2) is 31.7 Å². The molecular formula is C20H23N5O. The predicted octanol–water partition coefficient (Wildman–Crippen LogP) is 3.39. The maximum Gasteiger partial charge on any atom is 0.318 e. The summed E-state index contributed by atoms with van der Waals surface area (Å²) in [6.07, 6.45) is 1.65. The van der Waals surface area contributed by atoms with Gasteiger partial charge in [-0.1, -0.05) is 48.5 Å². The lowest BCUT2D eigenvalue weighted by atomic mass is 10.2. The number of amides is 2. The molecule has 0 aliphatic rings. The van der Waals surface area contributed by atoms with Crippen molar-refractivity contribution in [2.24, 2.45) is 0 Å². The average molecular weight is 349 g/mol. The van der Waals surface area contributed by atoms with Gasteiger partial charge in [-0.15, -0.1) is 10.2 Å². The minimum atomic E-state index is -0.119. The van der Waals surface area contributed by atoms with Gasteiger partial charge in [0.15, 0.2) is 5.82 Å². The van der Waals surface area contributed by atoms with E-state index in [-0.39, 0.29) is 12.1 Å². The van der Waals surface area contributed by atoms with Gasteiger partial charge < -0.3 is 10.2 Å². The van der Waals surface area contributed by atoms with Gasteiger partial charge in [-0.25, -0.2) is 4.79 Å². The van der Waals surface area contributed by atoms with Gasteiger partial charge in [0.1, 0.15) is 6.33 Å². The van der Waals surface area contributed by atoms with Crippen molar-refractivity contribution >= 4 is 6.03 Å². The lowest BCUT2D eigenvalue weighted by Crippen LogP contribution is -2.43. The van der Waals surface area contributed by atoms with Crippen molar-refractivity contribution in [1.82, 2.24) is 25.0 Å². The normalized spacial score (nSPS) is 10.7. The van der Waals surface area contributed by atoms with Crippen LogP contribution in [0.15, 0.2) is 67.0 Å². The number of para-hydroxylation sites is 1. The van der Waals surface area contributed by atoms with Gasteiger partial charge >= 0.3 is 6.03 Å². The molecule has 0 aliphatic carbocycles. The molecule has 3 rings (SSSR count). The summed E-state index contributed by atoms with van der Waals surface area (Å²) in [4.78, 5) is 14.5. The summed E-state index contributed by atoms with van der Waals surface area (Å²) in [6.45, 7) is 4.89. The smallest absolute Gasteiger partial charge is 0.318 e. The largest absolute Gasteiger partial charge is 0.331 e. The zero-order chi connectivity index (χ0) is 18.4. The number of aromatic nitrogens is 3. The molecule has 2 aromatic carbocycles. The number of nitrogens with zero attached hydrogens (tertiary/aromatic N) is 4. The third kappa shape index (κ3) is 4.27. The number of nitrogens with one attached hydrogen (secondary N) is 1. The highest BCUT2D eigenvalue weighted by atomic mass is 16.2. The van der Waals surface area contributed by atoms with E-state index in [0.717, 1.165) is 11.3 Å². The van der Waals surface area contributed by atoms with Gasteiger partial charge in [0.25, 0.3) is 0 Å². The molecule has 1 heterocycles. The van der Waals surface area contributed by atoms with Gasteiger partial charge in [-0.2, -0.15) is 0 Å². The van der Waals surface area contributed by atoms with Crippen LogP contribution >= 0.6 is 0 Å². The molecule has 134 valence electrons. The van der Waals surface area contributed by atoms with Gasteiger partial charge in [0, 0.05) is 18.3 Å². The molecule has 0 bridgehead atoms. The first kappa shape index (κ1) is 17.7. The third-order valence-corrected chi connectivity index (χ3v) is 4.13. The molecule has 2 amide bonds. The minimum absolute atomic E-state index is 0.0854. The van der Waals surface area contributed by atoms with Crippen LogP contribution in [0.3, 0.4) is 0 Å². The number of benzene rings is 2. The first-order chi connectivity index (χ1) is 12.6. The fourth-order valence-electron chi connectivity index (χ4n) is 2.71. The highest BCUT2D eigenvalue weighted by Gasteiger charge is 2.18. The van der Waals surface area contributed by atoms with Crippen molar-refractivity contribution in [3.63, 3.8) is 0 Å². The number of urea groups is 1. The molecule has 1 aromatic heterocycles. The number of hydrogen-bond acceptors (Lipinski definition) is 3. The van der Waals surface area contributed by atoms with Crippen molar-refractivity contribution in [3.8, 4) is 5.69 Å². The van der Waals surface area contributed by atoms with E-state index in [1.54, 1.807) is 11.2 Å². The summed E-state index contributed by atoms with van der Waals surface area (Å²) in [5, 5.41) is 11.1. The molecular weight excluding hydrogens is 326 g/mol. The van der Waals surface area contributed by atoms with Crippen LogP contribution < -0.4 is 5.32 Å². The van der Waals surface area contributed by atoms with Crippen LogP contribution in [0.2, 0.25) is 0 Å². The fraction of sp³-hybridized carbons (Fsp3) is 0.250. The summed E-state index contributed by atoms with van der Waals surface area (Å²) < 4.78 is 1.87. The molecule has 0 unspecified atom stereocenters. The Morgan fingerprint density at radius 3 is 2.38 bits per heavy atom. The van der Waals surface area contributed by atoms with E-state index in [4.69, 9.17) is 0 Å². The Labute approximate surface area is 153 Å². The van der Waals surface area contributed by atoms with Crippen LogP contribution in [-0.2, 0) is 13.1 Å². The molecule has 1 N–H and O–H groups in total. The van der Waals surface area contributed by atoms with Crippen molar-refractivity contribution in [3.05, 3.63) is 78.4 Å². The van der Waals surface area contributed by atoms with E-state index in [1.807, 2.05) is 79.1 Å². The number of hydrogen-bond donors (Lipinski definition) is 1. The standard InChI is InChI=1S/C20H23N5O/c1-16(2)24(14-17-9-5-3-6-10-17)20(26)21-13-19-23-22-15-25(19)18-11-7-4-8-12-18/h3-12,15-16H,13-14H2,1-2H3,(H,21,26). The first-order valence-electron chi connectivity index (χ1n) is 8.68. The predicted molar refractivity (Wildman–Crippen MR) is 101 cm³/mol. The van der Waals surface area contributed by atoms with Gasteiger partial charge in [-0.05, 0) is 31.5 Å². The minimum Gasteiger partial charge on any atom is -0.331 e. The van der Waals surface area contributed by atoms with E-state index in [1.165, 1.54) is 0 Å². The second-order valence-electron chi connectivity index (χ2n) is 6.32. The Morgan fingerprint density at radius 1 is 1.08 bits per heavy atom. The Kier molecular flexibility index (Phi) is 5.63. The molecule has 6 heteroatoms. The number of carbonyl (C=O) groups excluding carboxylic acids is 1.